The average molecular weight is 486 g/mol. The first-order valence-corrected chi connectivity index (χ1v) is 12.5. The van der Waals surface area contributed by atoms with Gasteiger partial charge >= 0.3 is 0 Å². The Hall–Kier alpha value is -3.62. The van der Waals surface area contributed by atoms with Gasteiger partial charge in [-0.05, 0) is 69.3 Å². The van der Waals surface area contributed by atoms with E-state index in [-0.39, 0.29) is 6.10 Å². The molecule has 2 aromatic heterocycles. The van der Waals surface area contributed by atoms with Gasteiger partial charge in [-0.3, -0.25) is 4.57 Å². The van der Waals surface area contributed by atoms with Crippen molar-refractivity contribution in [2.45, 2.75) is 32.3 Å². The number of rotatable bonds is 7. The van der Waals surface area contributed by atoms with Crippen molar-refractivity contribution >= 4 is 33.9 Å². The Morgan fingerprint density at radius 1 is 1.14 bits per heavy atom. The molecule has 0 radical (unpaired) electrons. The number of hydrogen-bond donors (Lipinski definition) is 3. The standard InChI is InChI=1S/C28H35N7O/c1-18-15-26(34(4)14-13-33(2)3)22(29)17-23(18)31-28-30-12-11-27(32-28)35-24-8-6-5-7-20(24)21-16-19(36)9-10-25(21)35/h5-8,11-12,15,17,19,36H,9-10,13-14,16,29H2,1-4H3,(H,30,31,32). The van der Waals surface area contributed by atoms with Crippen LogP contribution in [0.1, 0.15) is 23.2 Å². The summed E-state index contributed by atoms with van der Waals surface area (Å²) < 4.78 is 2.22. The van der Waals surface area contributed by atoms with Gasteiger partial charge in [-0.15, -0.1) is 0 Å². The number of nitrogens with zero attached hydrogens (tertiary/aromatic N) is 5. The lowest BCUT2D eigenvalue weighted by Gasteiger charge is -2.24. The zero-order valence-corrected chi connectivity index (χ0v) is 21.5. The molecule has 2 aromatic carbocycles. The van der Waals surface area contributed by atoms with Crippen molar-refractivity contribution < 1.29 is 5.11 Å². The second-order valence-corrected chi connectivity index (χ2v) is 9.99. The monoisotopic (exact) mass is 485 g/mol. The van der Waals surface area contributed by atoms with Crippen molar-refractivity contribution in [3.63, 3.8) is 0 Å². The van der Waals surface area contributed by atoms with Crippen LogP contribution in [0.25, 0.3) is 16.7 Å². The SMILES string of the molecule is Cc1cc(N(C)CCN(C)C)c(N)cc1Nc1nccc(-n2c3c(c4ccccc42)CC(O)CC3)n1. The Labute approximate surface area is 212 Å². The molecule has 188 valence electrons. The van der Waals surface area contributed by atoms with E-state index in [0.717, 1.165) is 54.2 Å². The summed E-state index contributed by atoms with van der Waals surface area (Å²) in [6, 6.07) is 14.4. The first kappa shape index (κ1) is 24.1. The molecule has 0 aliphatic heterocycles. The number of nitrogens with one attached hydrogen (secondary N) is 1. The fourth-order valence-corrected chi connectivity index (χ4v) is 5.05. The number of nitrogen functional groups attached to an aromatic ring is 1. The number of hydrogen-bond acceptors (Lipinski definition) is 7. The van der Waals surface area contributed by atoms with Crippen LogP contribution in [-0.4, -0.2) is 64.9 Å². The van der Waals surface area contributed by atoms with E-state index in [1.165, 1.54) is 16.6 Å². The van der Waals surface area contributed by atoms with Crippen molar-refractivity contribution in [3.05, 3.63) is 65.5 Å². The number of anilines is 4. The second kappa shape index (κ2) is 9.79. The number of aromatic nitrogens is 3. The highest BCUT2D eigenvalue weighted by Gasteiger charge is 2.25. The highest BCUT2D eigenvalue weighted by molar-refractivity contribution is 5.87. The second-order valence-electron chi connectivity index (χ2n) is 9.99. The fourth-order valence-electron chi connectivity index (χ4n) is 5.05. The van der Waals surface area contributed by atoms with Gasteiger partial charge in [-0.2, -0.15) is 4.98 Å². The van der Waals surface area contributed by atoms with Crippen LogP contribution in [0, 0.1) is 6.92 Å². The van der Waals surface area contributed by atoms with Gasteiger partial charge in [0.05, 0.1) is 23.0 Å². The topological polar surface area (TPSA) is 95.5 Å². The zero-order chi connectivity index (χ0) is 25.4. The highest BCUT2D eigenvalue weighted by atomic mass is 16.3. The average Bonchev–Trinajstić information content (AvgIpc) is 3.18. The molecule has 1 aliphatic rings. The Balaban J connectivity index is 1.47. The van der Waals surface area contributed by atoms with Gasteiger partial charge in [0.15, 0.2) is 0 Å². The molecule has 1 aliphatic carbocycles. The molecular formula is C28H35N7O. The van der Waals surface area contributed by atoms with E-state index in [0.29, 0.717) is 18.1 Å². The Morgan fingerprint density at radius 3 is 2.75 bits per heavy atom. The third kappa shape index (κ3) is 4.62. The first-order valence-electron chi connectivity index (χ1n) is 12.5. The number of nitrogens with two attached hydrogens (primary N) is 1. The summed E-state index contributed by atoms with van der Waals surface area (Å²) in [7, 11) is 6.20. The summed E-state index contributed by atoms with van der Waals surface area (Å²) in [5.41, 5.74) is 13.7. The molecule has 1 unspecified atom stereocenters. The maximum atomic E-state index is 10.3. The minimum absolute atomic E-state index is 0.294. The van der Waals surface area contributed by atoms with Gasteiger partial charge in [0, 0.05) is 49.5 Å². The maximum absolute atomic E-state index is 10.3. The summed E-state index contributed by atoms with van der Waals surface area (Å²) >= 11 is 0. The number of aliphatic hydroxyl groups excluding tert-OH is 1. The van der Waals surface area contributed by atoms with Crippen LogP contribution < -0.4 is 16.0 Å². The Morgan fingerprint density at radius 2 is 1.94 bits per heavy atom. The number of aliphatic hydroxyl groups is 1. The minimum Gasteiger partial charge on any atom is -0.397 e. The number of aryl methyl sites for hydroxylation is 1. The lowest BCUT2D eigenvalue weighted by Crippen LogP contribution is -2.29. The number of fused-ring (bicyclic) bond motifs is 3. The Bertz CT molecular complexity index is 1390. The highest BCUT2D eigenvalue weighted by Crippen LogP contribution is 2.35. The summed E-state index contributed by atoms with van der Waals surface area (Å²) in [5, 5.41) is 14.9. The number of para-hydroxylation sites is 1. The molecule has 5 rings (SSSR count). The summed E-state index contributed by atoms with van der Waals surface area (Å²) in [6.45, 7) is 3.91. The molecule has 8 heteroatoms. The van der Waals surface area contributed by atoms with E-state index in [4.69, 9.17) is 10.7 Å². The zero-order valence-electron chi connectivity index (χ0n) is 21.5. The lowest BCUT2D eigenvalue weighted by atomic mass is 9.93. The van der Waals surface area contributed by atoms with Crippen LogP contribution in [-0.2, 0) is 12.8 Å². The third-order valence-electron chi connectivity index (χ3n) is 7.03. The van der Waals surface area contributed by atoms with E-state index in [1.807, 2.05) is 18.2 Å². The Kier molecular flexibility index (Phi) is 6.55. The van der Waals surface area contributed by atoms with Gasteiger partial charge in [0.2, 0.25) is 5.95 Å². The van der Waals surface area contributed by atoms with Crippen LogP contribution in [0.5, 0.6) is 0 Å². The van der Waals surface area contributed by atoms with Crippen molar-refractivity contribution in [2.24, 2.45) is 0 Å². The molecule has 36 heavy (non-hydrogen) atoms. The molecule has 0 spiro atoms. The van der Waals surface area contributed by atoms with Crippen LogP contribution in [0.2, 0.25) is 0 Å². The molecule has 2 heterocycles. The first-order chi connectivity index (χ1) is 17.3. The van der Waals surface area contributed by atoms with Crippen molar-refractivity contribution in [1.29, 1.82) is 0 Å². The van der Waals surface area contributed by atoms with Crippen LogP contribution in [0.15, 0.2) is 48.7 Å². The minimum atomic E-state index is -0.294. The fraction of sp³-hybridized carbons (Fsp3) is 0.357. The summed E-state index contributed by atoms with van der Waals surface area (Å²) in [6.07, 6.45) is 3.74. The van der Waals surface area contributed by atoms with Crippen molar-refractivity contribution in [3.8, 4) is 5.82 Å². The molecule has 0 bridgehead atoms. The predicted octanol–water partition coefficient (Wildman–Crippen LogP) is 3.90. The summed E-state index contributed by atoms with van der Waals surface area (Å²) in [5.74, 6) is 1.33. The van der Waals surface area contributed by atoms with E-state index >= 15 is 0 Å². The van der Waals surface area contributed by atoms with Gasteiger partial charge in [-0.1, -0.05) is 18.2 Å². The van der Waals surface area contributed by atoms with E-state index < -0.39 is 0 Å². The van der Waals surface area contributed by atoms with Crippen LogP contribution in [0.3, 0.4) is 0 Å². The molecule has 0 fully saturated rings. The molecule has 8 nitrogen and oxygen atoms in total. The molecule has 0 amide bonds. The van der Waals surface area contributed by atoms with Crippen molar-refractivity contribution in [2.75, 3.05) is 50.2 Å². The molecule has 4 N–H and O–H groups in total. The van der Waals surface area contributed by atoms with Gasteiger partial charge in [0.25, 0.3) is 0 Å². The van der Waals surface area contributed by atoms with Gasteiger partial charge in [-0.25, -0.2) is 4.98 Å². The number of benzene rings is 2. The quantitative estimate of drug-likeness (QED) is 0.342. The molecule has 0 saturated carbocycles. The molecular weight excluding hydrogens is 450 g/mol. The van der Waals surface area contributed by atoms with E-state index in [1.54, 1.807) is 6.20 Å². The normalized spacial score (nSPS) is 15.3. The molecule has 0 saturated heterocycles. The predicted molar refractivity (Wildman–Crippen MR) is 148 cm³/mol. The van der Waals surface area contributed by atoms with Gasteiger partial charge in [0.1, 0.15) is 5.82 Å². The van der Waals surface area contributed by atoms with Gasteiger partial charge < -0.3 is 26.0 Å². The largest absolute Gasteiger partial charge is 0.397 e. The molecule has 4 aromatic rings. The summed E-state index contributed by atoms with van der Waals surface area (Å²) in [4.78, 5) is 13.7. The lowest BCUT2D eigenvalue weighted by molar-refractivity contribution is 0.158. The van der Waals surface area contributed by atoms with Crippen LogP contribution >= 0.6 is 0 Å². The van der Waals surface area contributed by atoms with Crippen molar-refractivity contribution in [1.82, 2.24) is 19.4 Å². The van der Waals surface area contributed by atoms with E-state index in [9.17, 15) is 5.11 Å². The molecule has 1 atom stereocenters. The van der Waals surface area contributed by atoms with E-state index in [2.05, 4.69) is 77.0 Å². The maximum Gasteiger partial charge on any atom is 0.229 e. The van der Waals surface area contributed by atoms with Crippen LogP contribution in [0.4, 0.5) is 23.0 Å². The third-order valence-corrected chi connectivity index (χ3v) is 7.03. The number of likely N-dealkylation sites (N-methyl/N-ethyl adjacent to an activating group) is 2. The smallest absolute Gasteiger partial charge is 0.229 e.